The molecule has 1 aromatic carbocycles. The van der Waals surface area contributed by atoms with Crippen molar-refractivity contribution in [2.45, 2.75) is 70.6 Å². The number of pyridine rings is 1. The molecule has 0 aliphatic heterocycles. The quantitative estimate of drug-likeness (QED) is 0.363. The predicted molar refractivity (Wildman–Crippen MR) is 103 cm³/mol. The molecule has 0 saturated heterocycles. The molecule has 1 nitrogen and oxygen atoms in total. The van der Waals surface area contributed by atoms with Crippen LogP contribution in [0.25, 0.3) is 11.1 Å². The maximum absolute atomic E-state index is 14.6. The van der Waals surface area contributed by atoms with Crippen LogP contribution in [0.5, 0.6) is 0 Å². The van der Waals surface area contributed by atoms with Gasteiger partial charge in [0.1, 0.15) is 5.82 Å². The van der Waals surface area contributed by atoms with E-state index in [9.17, 15) is 13.2 Å². The SMILES string of the molecule is CCCCCCC1CCC(c2ccc(-c3cnc(F)c(F)c3)c(F)c2)CC1. The molecule has 1 aliphatic carbocycles. The van der Waals surface area contributed by atoms with Crippen molar-refractivity contribution < 1.29 is 13.2 Å². The average molecular weight is 375 g/mol. The van der Waals surface area contributed by atoms with Crippen LogP contribution in [-0.2, 0) is 0 Å². The molecule has 1 fully saturated rings. The molecule has 1 heterocycles. The third kappa shape index (κ3) is 5.12. The van der Waals surface area contributed by atoms with E-state index in [2.05, 4.69) is 11.9 Å². The second kappa shape index (κ2) is 9.38. The van der Waals surface area contributed by atoms with Crippen molar-refractivity contribution in [1.29, 1.82) is 0 Å². The first-order valence-electron chi connectivity index (χ1n) is 10.2. The maximum atomic E-state index is 14.6. The Kier molecular flexibility index (Phi) is 6.92. The van der Waals surface area contributed by atoms with E-state index in [0.717, 1.165) is 30.4 Å². The summed E-state index contributed by atoms with van der Waals surface area (Å²) in [6, 6.07) is 6.13. The summed E-state index contributed by atoms with van der Waals surface area (Å²) in [6.45, 7) is 2.23. The fourth-order valence-corrected chi connectivity index (χ4v) is 4.23. The van der Waals surface area contributed by atoms with Crippen LogP contribution in [0, 0.1) is 23.5 Å². The number of benzene rings is 1. The molecule has 27 heavy (non-hydrogen) atoms. The molecule has 0 amide bonds. The van der Waals surface area contributed by atoms with Gasteiger partial charge in [-0.1, -0.05) is 51.2 Å². The second-order valence-electron chi connectivity index (χ2n) is 7.80. The molecule has 1 aromatic heterocycles. The Bertz CT molecular complexity index is 751. The molecule has 0 atom stereocenters. The van der Waals surface area contributed by atoms with E-state index in [-0.39, 0.29) is 11.1 Å². The van der Waals surface area contributed by atoms with Crippen molar-refractivity contribution in [3.05, 3.63) is 53.6 Å². The van der Waals surface area contributed by atoms with Crippen LogP contribution in [0.4, 0.5) is 13.2 Å². The van der Waals surface area contributed by atoms with Crippen molar-refractivity contribution in [3.8, 4) is 11.1 Å². The Morgan fingerprint density at radius 2 is 1.70 bits per heavy atom. The molecule has 2 aromatic rings. The number of nitrogens with zero attached hydrogens (tertiary/aromatic N) is 1. The lowest BCUT2D eigenvalue weighted by molar-refractivity contribution is 0.302. The molecule has 0 radical (unpaired) electrons. The van der Waals surface area contributed by atoms with Gasteiger partial charge in [-0.25, -0.2) is 13.8 Å². The van der Waals surface area contributed by atoms with E-state index in [4.69, 9.17) is 0 Å². The van der Waals surface area contributed by atoms with Crippen molar-refractivity contribution in [3.63, 3.8) is 0 Å². The van der Waals surface area contributed by atoms with Gasteiger partial charge in [0.2, 0.25) is 5.95 Å². The van der Waals surface area contributed by atoms with Gasteiger partial charge >= 0.3 is 0 Å². The first-order valence-corrected chi connectivity index (χ1v) is 10.2. The minimum atomic E-state index is -1.16. The zero-order valence-electron chi connectivity index (χ0n) is 16.0. The molecule has 3 rings (SSSR count). The molecule has 0 bridgehead atoms. The number of aromatic nitrogens is 1. The molecular weight excluding hydrogens is 347 g/mol. The zero-order chi connectivity index (χ0) is 19.2. The van der Waals surface area contributed by atoms with Gasteiger partial charge in [0.15, 0.2) is 5.82 Å². The number of rotatable bonds is 7. The summed E-state index contributed by atoms with van der Waals surface area (Å²) in [4.78, 5) is 3.34. The van der Waals surface area contributed by atoms with E-state index >= 15 is 0 Å². The standard InChI is InChI=1S/C23H28F3N/c1-2-3-4-5-6-16-7-9-17(10-8-16)18-11-12-20(21(24)13-18)19-14-22(25)23(26)27-15-19/h11-17H,2-10H2,1H3. The summed E-state index contributed by atoms with van der Waals surface area (Å²) >= 11 is 0. The van der Waals surface area contributed by atoms with E-state index in [1.165, 1.54) is 51.1 Å². The Balaban J connectivity index is 1.60. The van der Waals surface area contributed by atoms with Gasteiger partial charge < -0.3 is 0 Å². The van der Waals surface area contributed by atoms with Crippen molar-refractivity contribution in [2.24, 2.45) is 5.92 Å². The minimum absolute atomic E-state index is 0.258. The first kappa shape index (κ1) is 19.9. The fourth-order valence-electron chi connectivity index (χ4n) is 4.23. The van der Waals surface area contributed by atoms with Gasteiger partial charge in [0, 0.05) is 17.3 Å². The molecule has 0 unspecified atom stereocenters. The molecule has 146 valence electrons. The number of hydrogen-bond acceptors (Lipinski definition) is 1. The highest BCUT2D eigenvalue weighted by atomic mass is 19.2. The van der Waals surface area contributed by atoms with Crippen molar-refractivity contribution >= 4 is 0 Å². The highest BCUT2D eigenvalue weighted by Crippen LogP contribution is 2.39. The van der Waals surface area contributed by atoms with Crippen LogP contribution in [0.1, 0.15) is 76.2 Å². The van der Waals surface area contributed by atoms with Crippen molar-refractivity contribution in [1.82, 2.24) is 4.98 Å². The third-order valence-electron chi connectivity index (χ3n) is 5.88. The van der Waals surface area contributed by atoms with E-state index in [1.807, 2.05) is 6.07 Å². The van der Waals surface area contributed by atoms with Crippen LogP contribution in [0.2, 0.25) is 0 Å². The summed E-state index contributed by atoms with van der Waals surface area (Å²) < 4.78 is 41.0. The monoisotopic (exact) mass is 375 g/mol. The largest absolute Gasteiger partial charge is 0.248 e. The molecule has 0 spiro atoms. The fraction of sp³-hybridized carbons (Fsp3) is 0.522. The molecule has 4 heteroatoms. The van der Waals surface area contributed by atoms with Gasteiger partial charge in [-0.3, -0.25) is 0 Å². The average Bonchev–Trinajstić information content (AvgIpc) is 2.68. The summed E-state index contributed by atoms with van der Waals surface area (Å²) in [5.41, 5.74) is 1.53. The lowest BCUT2D eigenvalue weighted by atomic mass is 9.77. The minimum Gasteiger partial charge on any atom is -0.225 e. The van der Waals surface area contributed by atoms with Crippen LogP contribution >= 0.6 is 0 Å². The molecular formula is C23H28F3N. The summed E-state index contributed by atoms with van der Waals surface area (Å²) in [6.07, 6.45) is 12.4. The normalized spacial score (nSPS) is 20.0. The number of unbranched alkanes of at least 4 members (excludes halogenated alkanes) is 3. The first-order chi connectivity index (χ1) is 13.1. The van der Waals surface area contributed by atoms with Crippen LogP contribution in [-0.4, -0.2) is 4.98 Å². The molecule has 1 aliphatic rings. The van der Waals surface area contributed by atoms with Crippen LogP contribution in [0.3, 0.4) is 0 Å². The van der Waals surface area contributed by atoms with E-state index in [1.54, 1.807) is 12.1 Å². The summed E-state index contributed by atoms with van der Waals surface area (Å²) in [5, 5.41) is 0. The second-order valence-corrected chi connectivity index (χ2v) is 7.80. The van der Waals surface area contributed by atoms with Crippen LogP contribution < -0.4 is 0 Å². The van der Waals surface area contributed by atoms with E-state index in [0.29, 0.717) is 5.92 Å². The predicted octanol–water partition coefficient (Wildman–Crippen LogP) is 7.41. The van der Waals surface area contributed by atoms with E-state index < -0.39 is 17.6 Å². The highest BCUT2D eigenvalue weighted by Gasteiger charge is 2.23. The van der Waals surface area contributed by atoms with Gasteiger partial charge in [0.25, 0.3) is 0 Å². The third-order valence-corrected chi connectivity index (χ3v) is 5.88. The lowest BCUT2D eigenvalue weighted by Crippen LogP contribution is -2.13. The molecule has 0 N–H and O–H groups in total. The van der Waals surface area contributed by atoms with Gasteiger partial charge in [0.05, 0.1) is 0 Å². The Morgan fingerprint density at radius 3 is 2.37 bits per heavy atom. The Morgan fingerprint density at radius 1 is 0.926 bits per heavy atom. The zero-order valence-corrected chi connectivity index (χ0v) is 16.0. The van der Waals surface area contributed by atoms with Crippen LogP contribution in [0.15, 0.2) is 30.5 Å². The van der Waals surface area contributed by atoms with Gasteiger partial charge in [-0.15, -0.1) is 0 Å². The summed E-state index contributed by atoms with van der Waals surface area (Å²) in [7, 11) is 0. The maximum Gasteiger partial charge on any atom is 0.248 e. The highest BCUT2D eigenvalue weighted by molar-refractivity contribution is 5.63. The number of hydrogen-bond donors (Lipinski definition) is 0. The van der Waals surface area contributed by atoms with Gasteiger partial charge in [-0.05, 0) is 55.2 Å². The smallest absolute Gasteiger partial charge is 0.225 e. The molecule has 1 saturated carbocycles. The van der Waals surface area contributed by atoms with Crippen molar-refractivity contribution in [2.75, 3.05) is 0 Å². The Hall–Kier alpha value is -1.84. The number of halogens is 3. The topological polar surface area (TPSA) is 12.9 Å². The Labute approximate surface area is 160 Å². The summed E-state index contributed by atoms with van der Waals surface area (Å²) in [5.74, 6) is -1.42. The van der Waals surface area contributed by atoms with Gasteiger partial charge in [-0.2, -0.15) is 4.39 Å². The lowest BCUT2D eigenvalue weighted by Gasteiger charge is -2.29.